The van der Waals surface area contributed by atoms with Gasteiger partial charge in [-0.1, -0.05) is 36.4 Å². The van der Waals surface area contributed by atoms with Gasteiger partial charge in [0, 0.05) is 42.6 Å². The number of nitrogens with two attached hydrogens (primary N) is 6. The maximum Gasteiger partial charge on any atom is 0.246 e. The highest BCUT2D eigenvalue weighted by molar-refractivity contribution is 7.08. The van der Waals surface area contributed by atoms with E-state index in [1.807, 2.05) is 86.9 Å². The number of benzene rings is 3. The Morgan fingerprint density at radius 3 is 0.886 bits per heavy atom. The van der Waals surface area contributed by atoms with Crippen molar-refractivity contribution in [1.29, 1.82) is 0 Å². The van der Waals surface area contributed by atoms with E-state index < -0.39 is 41.8 Å². The summed E-state index contributed by atoms with van der Waals surface area (Å²) in [6.45, 7) is 0.824. The van der Waals surface area contributed by atoms with E-state index in [1.54, 1.807) is 36.4 Å². The maximum atomic E-state index is 13.8. The molecule has 21 nitrogen and oxygen atoms in total. The summed E-state index contributed by atoms with van der Waals surface area (Å²) in [7, 11) is 0. The van der Waals surface area contributed by atoms with Gasteiger partial charge in [-0.15, -0.1) is 0 Å². The van der Waals surface area contributed by atoms with Crippen LogP contribution in [0.3, 0.4) is 0 Å². The smallest absolute Gasteiger partial charge is 0.246 e. The van der Waals surface area contributed by atoms with Crippen molar-refractivity contribution in [2.24, 2.45) is 49.4 Å². The van der Waals surface area contributed by atoms with E-state index >= 15 is 0 Å². The Hall–Kier alpha value is -8.61. The lowest BCUT2D eigenvalue weighted by Crippen LogP contribution is -2.44. The fraction of sp³-hybridized carbons (Fsp3) is 0.291. The van der Waals surface area contributed by atoms with Crippen molar-refractivity contribution in [3.8, 4) is 0 Å². The van der Waals surface area contributed by atoms with Gasteiger partial charge in [0.05, 0.1) is 19.3 Å². The van der Waals surface area contributed by atoms with Gasteiger partial charge >= 0.3 is 0 Å². The van der Waals surface area contributed by atoms with Gasteiger partial charge in [0.1, 0.15) is 18.1 Å². The summed E-state index contributed by atoms with van der Waals surface area (Å²) < 4.78 is 0. The molecule has 0 radical (unpaired) electrons. The van der Waals surface area contributed by atoms with E-state index in [4.69, 9.17) is 34.4 Å². The number of rotatable bonds is 30. The molecule has 6 rings (SSSR count). The lowest BCUT2D eigenvalue weighted by atomic mass is 9.85. The third-order valence-corrected chi connectivity index (χ3v) is 14.4. The maximum absolute atomic E-state index is 13.8. The predicted octanol–water partition coefficient (Wildman–Crippen LogP) is 4.21. The fourth-order valence-electron chi connectivity index (χ4n) is 8.33. The van der Waals surface area contributed by atoms with Crippen molar-refractivity contribution in [2.45, 2.75) is 81.8 Å². The average molecular weight is 1130 g/mol. The molecule has 0 aliphatic rings. The van der Waals surface area contributed by atoms with Gasteiger partial charge in [-0.25, -0.2) is 0 Å². The molecule has 6 aromatic rings. The van der Waals surface area contributed by atoms with Gasteiger partial charge in [0.25, 0.3) is 0 Å². The molecule has 0 saturated heterocycles. The van der Waals surface area contributed by atoms with E-state index in [-0.39, 0.29) is 93.8 Å². The summed E-state index contributed by atoms with van der Waals surface area (Å²) in [4.78, 5) is 92.7. The monoisotopic (exact) mass is 1130 g/mol. The van der Waals surface area contributed by atoms with Crippen LogP contribution in [0.25, 0.3) is 0 Å². The number of guanidine groups is 3. The normalized spacial score (nSPS) is 12.0. The molecule has 0 aliphatic carbocycles. The Balaban J connectivity index is 1.23. The molecular formula is C55H67N15O6S3. The van der Waals surface area contributed by atoms with Crippen LogP contribution >= 0.6 is 34.0 Å². The van der Waals surface area contributed by atoms with Gasteiger partial charge in [-0.2, -0.15) is 34.0 Å². The van der Waals surface area contributed by atoms with Crippen LogP contribution in [0, 0.1) is 0 Å². The van der Waals surface area contributed by atoms with Crippen molar-refractivity contribution < 1.29 is 28.8 Å². The zero-order valence-electron chi connectivity index (χ0n) is 43.4. The van der Waals surface area contributed by atoms with Crippen LogP contribution in [0.1, 0.15) is 77.8 Å². The van der Waals surface area contributed by atoms with Gasteiger partial charge in [-0.05, 0) is 159 Å². The topological polar surface area (TPSA) is 368 Å². The lowest BCUT2D eigenvalue weighted by Gasteiger charge is -2.22. The molecule has 24 heteroatoms. The standard InChI is InChI=1S/C55H67N15O6S3/c56-53(57)62-22-1-4-43(68-46(71)28-34-19-25-77-31-34)50(74)65-40-13-7-37(8-14-40)49(38-9-15-41(16-10-38)66-51(75)44(5-2-23-63-54(58)59)69-47(72)29-35-20-26-78-32-35)39-11-17-42(18-12-39)67-52(76)45(6-3-24-64-55(60)61)70-48(73)30-36-21-27-79-33-36/h7-21,25-27,31-33,43-45,49H,1-6,22-24,28-30H2,(H,65,74)(H,66,75)(H,67,76)(H,68,71)(H,69,72)(H,70,73)(H4,56,57,62)(H4,58,59,63)(H4,60,61,64)/t43-,44-,45-/m0/s1. The van der Waals surface area contributed by atoms with Crippen LogP contribution < -0.4 is 66.3 Å². The lowest BCUT2D eigenvalue weighted by molar-refractivity contribution is -0.126. The first kappa shape index (κ1) is 59.6. The van der Waals surface area contributed by atoms with Crippen molar-refractivity contribution in [1.82, 2.24) is 16.0 Å². The fourth-order valence-corrected chi connectivity index (χ4v) is 10.3. The summed E-state index contributed by atoms with van der Waals surface area (Å²) >= 11 is 4.43. The number of hydrogen-bond donors (Lipinski definition) is 12. The number of carbonyl (C=O) groups excluding carboxylic acids is 6. The molecule has 0 unspecified atom stereocenters. The van der Waals surface area contributed by atoms with Crippen LogP contribution in [0.4, 0.5) is 17.1 Å². The predicted molar refractivity (Wildman–Crippen MR) is 316 cm³/mol. The number of aliphatic imine (C=N–C) groups is 3. The molecule has 0 saturated carbocycles. The molecule has 0 spiro atoms. The van der Waals surface area contributed by atoms with Crippen LogP contribution in [-0.2, 0) is 48.0 Å². The Morgan fingerprint density at radius 1 is 0.392 bits per heavy atom. The molecule has 18 N–H and O–H groups in total. The zero-order chi connectivity index (χ0) is 56.5. The number of anilines is 3. The highest BCUT2D eigenvalue weighted by atomic mass is 32.1. The molecular weight excluding hydrogens is 1060 g/mol. The Bertz CT molecular complexity index is 2670. The van der Waals surface area contributed by atoms with Crippen LogP contribution in [0.5, 0.6) is 0 Å². The van der Waals surface area contributed by atoms with Crippen molar-refractivity contribution >= 4 is 104 Å². The molecule has 416 valence electrons. The van der Waals surface area contributed by atoms with E-state index in [9.17, 15) is 28.8 Å². The first-order valence-electron chi connectivity index (χ1n) is 25.4. The number of thiophene rings is 3. The van der Waals surface area contributed by atoms with Gasteiger partial charge in [0.2, 0.25) is 35.4 Å². The molecule has 3 atom stereocenters. The zero-order valence-corrected chi connectivity index (χ0v) is 45.8. The minimum atomic E-state index is -0.879. The summed E-state index contributed by atoms with van der Waals surface area (Å²) in [5.41, 5.74) is 39.5. The van der Waals surface area contributed by atoms with Crippen molar-refractivity contribution in [2.75, 3.05) is 35.6 Å². The molecule has 3 aromatic heterocycles. The molecule has 0 bridgehead atoms. The number of amides is 6. The summed E-state index contributed by atoms with van der Waals surface area (Å²) in [5.74, 6) is -2.79. The Labute approximate surface area is 470 Å². The largest absolute Gasteiger partial charge is 0.370 e. The van der Waals surface area contributed by atoms with Crippen LogP contribution in [-0.4, -0.2) is 91.1 Å². The second-order valence-electron chi connectivity index (χ2n) is 18.4. The highest BCUT2D eigenvalue weighted by Gasteiger charge is 2.25. The number of nitrogens with one attached hydrogen (secondary N) is 6. The Morgan fingerprint density at radius 2 is 0.658 bits per heavy atom. The first-order valence-corrected chi connectivity index (χ1v) is 28.2. The summed E-state index contributed by atoms with van der Waals surface area (Å²) in [5, 5.41) is 28.8. The van der Waals surface area contributed by atoms with Crippen LogP contribution in [0.2, 0.25) is 0 Å². The van der Waals surface area contributed by atoms with E-state index in [0.29, 0.717) is 36.3 Å². The number of carbonyl (C=O) groups is 6. The van der Waals surface area contributed by atoms with Gasteiger partial charge < -0.3 is 66.3 Å². The highest BCUT2D eigenvalue weighted by Crippen LogP contribution is 2.34. The van der Waals surface area contributed by atoms with E-state index in [0.717, 1.165) is 33.4 Å². The second kappa shape index (κ2) is 31.0. The molecule has 6 amide bonds. The van der Waals surface area contributed by atoms with E-state index in [2.05, 4.69) is 46.9 Å². The minimum Gasteiger partial charge on any atom is -0.370 e. The molecule has 0 aliphatic heterocycles. The van der Waals surface area contributed by atoms with E-state index in [1.165, 1.54) is 34.0 Å². The van der Waals surface area contributed by atoms with Gasteiger partial charge in [-0.3, -0.25) is 43.7 Å². The molecule has 3 aromatic carbocycles. The van der Waals surface area contributed by atoms with Crippen molar-refractivity contribution in [3.63, 3.8) is 0 Å². The summed E-state index contributed by atoms with van der Waals surface area (Å²) in [6.07, 6.45) is 2.48. The molecule has 0 fully saturated rings. The average Bonchev–Trinajstić information content (AvgIpc) is 4.26. The first-order chi connectivity index (χ1) is 38.1. The SMILES string of the molecule is NC(N)=NCCC[C@H](NC(=O)Cc1ccsc1)C(=O)Nc1ccc(C(c2ccc(NC(=O)[C@H](CCCN=C(N)N)NC(=O)Cc3ccsc3)cc2)c2ccc(NC(=O)[C@H](CCCN=C(N)N)NC(=O)Cc3ccsc3)cc2)cc1. The number of hydrogen-bond acceptors (Lipinski definition) is 12. The Kier molecular flexibility index (Phi) is 23.4. The molecule has 79 heavy (non-hydrogen) atoms. The number of nitrogens with zero attached hydrogens (tertiary/aromatic N) is 3. The van der Waals surface area contributed by atoms with Crippen molar-refractivity contribution in [3.05, 3.63) is 157 Å². The third-order valence-electron chi connectivity index (χ3n) is 12.2. The molecule has 3 heterocycles. The second-order valence-corrected chi connectivity index (χ2v) is 20.7. The minimum absolute atomic E-state index is 0.0694. The van der Waals surface area contributed by atoms with Gasteiger partial charge in [0.15, 0.2) is 17.9 Å². The van der Waals surface area contributed by atoms with Crippen LogP contribution in [0.15, 0.2) is 138 Å². The summed E-state index contributed by atoms with van der Waals surface area (Å²) in [6, 6.07) is 24.8. The third kappa shape index (κ3) is 20.7. The quantitative estimate of drug-likeness (QED) is 0.0131.